The molecule has 3 nitrogen and oxygen atoms in total. The molecule has 1 aromatic rings. The summed E-state index contributed by atoms with van der Waals surface area (Å²) in [7, 11) is 1.98. The van der Waals surface area contributed by atoms with Gasteiger partial charge in [0.15, 0.2) is 0 Å². The van der Waals surface area contributed by atoms with Gasteiger partial charge in [0.05, 0.1) is 6.20 Å². The first-order valence-corrected chi connectivity index (χ1v) is 6.49. The summed E-state index contributed by atoms with van der Waals surface area (Å²) in [6.07, 6.45) is 10.6. The Labute approximate surface area is 99.2 Å². The first-order valence-electron chi connectivity index (χ1n) is 6.49. The van der Waals surface area contributed by atoms with E-state index in [-0.39, 0.29) is 0 Å². The standard InChI is InChI=1S/C13H25N3/c1-4-6-7-8-9-13(14-5-2)12-10-15-16(3)11-12/h10-11,13-14H,4-9H2,1-3H3. The zero-order chi connectivity index (χ0) is 11.8. The van der Waals surface area contributed by atoms with Gasteiger partial charge in [-0.15, -0.1) is 0 Å². The first-order chi connectivity index (χ1) is 7.77. The van der Waals surface area contributed by atoms with E-state index in [2.05, 4.69) is 30.5 Å². The molecule has 0 amide bonds. The molecule has 0 aliphatic heterocycles. The summed E-state index contributed by atoms with van der Waals surface area (Å²) >= 11 is 0. The van der Waals surface area contributed by atoms with E-state index < -0.39 is 0 Å². The molecular weight excluding hydrogens is 198 g/mol. The van der Waals surface area contributed by atoms with Crippen LogP contribution in [0.4, 0.5) is 0 Å². The number of hydrogen-bond acceptors (Lipinski definition) is 2. The van der Waals surface area contributed by atoms with Crippen LogP contribution < -0.4 is 5.32 Å². The third-order valence-corrected chi connectivity index (χ3v) is 2.92. The van der Waals surface area contributed by atoms with Crippen LogP contribution in [-0.2, 0) is 7.05 Å². The zero-order valence-electron chi connectivity index (χ0n) is 10.9. The molecule has 1 unspecified atom stereocenters. The van der Waals surface area contributed by atoms with E-state index in [0.717, 1.165) is 6.54 Å². The molecule has 0 radical (unpaired) electrons. The fourth-order valence-corrected chi connectivity index (χ4v) is 2.03. The Kier molecular flexibility index (Phi) is 6.16. The van der Waals surface area contributed by atoms with Gasteiger partial charge in [0, 0.05) is 24.8 Å². The van der Waals surface area contributed by atoms with Crippen molar-refractivity contribution < 1.29 is 0 Å². The number of aromatic nitrogens is 2. The van der Waals surface area contributed by atoms with Gasteiger partial charge < -0.3 is 5.32 Å². The number of unbranched alkanes of at least 4 members (excludes halogenated alkanes) is 3. The average molecular weight is 223 g/mol. The van der Waals surface area contributed by atoms with Crippen LogP contribution in [0.2, 0.25) is 0 Å². The third-order valence-electron chi connectivity index (χ3n) is 2.92. The predicted molar refractivity (Wildman–Crippen MR) is 68.4 cm³/mol. The topological polar surface area (TPSA) is 29.9 Å². The summed E-state index contributed by atoms with van der Waals surface area (Å²) in [6.45, 7) is 5.44. The predicted octanol–water partition coefficient (Wildman–Crippen LogP) is 3.04. The lowest BCUT2D eigenvalue weighted by Crippen LogP contribution is -2.20. The summed E-state index contributed by atoms with van der Waals surface area (Å²) < 4.78 is 1.88. The molecule has 0 saturated carbocycles. The zero-order valence-corrected chi connectivity index (χ0v) is 10.9. The number of rotatable bonds is 8. The fourth-order valence-electron chi connectivity index (χ4n) is 2.03. The Morgan fingerprint density at radius 1 is 1.31 bits per heavy atom. The molecule has 0 aliphatic rings. The third kappa shape index (κ3) is 4.35. The Hall–Kier alpha value is -0.830. The minimum absolute atomic E-state index is 0.482. The van der Waals surface area contributed by atoms with Gasteiger partial charge in [-0.25, -0.2) is 0 Å². The molecule has 0 bridgehead atoms. The summed E-state index contributed by atoms with van der Waals surface area (Å²) in [5.74, 6) is 0. The van der Waals surface area contributed by atoms with Crippen molar-refractivity contribution in [1.29, 1.82) is 0 Å². The highest BCUT2D eigenvalue weighted by molar-refractivity contribution is 5.09. The highest BCUT2D eigenvalue weighted by atomic mass is 15.2. The summed E-state index contributed by atoms with van der Waals surface area (Å²) in [6, 6.07) is 0.482. The van der Waals surface area contributed by atoms with Crippen molar-refractivity contribution in [3.05, 3.63) is 18.0 Å². The van der Waals surface area contributed by atoms with Crippen LogP contribution in [0.5, 0.6) is 0 Å². The van der Waals surface area contributed by atoms with E-state index >= 15 is 0 Å². The molecule has 0 aromatic carbocycles. The molecule has 1 heterocycles. The van der Waals surface area contributed by atoms with Gasteiger partial charge in [-0.3, -0.25) is 4.68 Å². The van der Waals surface area contributed by atoms with Crippen LogP contribution >= 0.6 is 0 Å². The number of nitrogens with zero attached hydrogens (tertiary/aromatic N) is 2. The average Bonchev–Trinajstić information content (AvgIpc) is 2.69. The first kappa shape index (κ1) is 13.2. The molecular formula is C13H25N3. The summed E-state index contributed by atoms with van der Waals surface area (Å²) in [5.41, 5.74) is 1.32. The molecule has 0 aliphatic carbocycles. The molecule has 92 valence electrons. The van der Waals surface area contributed by atoms with Crippen molar-refractivity contribution in [3.63, 3.8) is 0 Å². The summed E-state index contributed by atoms with van der Waals surface area (Å²) in [4.78, 5) is 0. The van der Waals surface area contributed by atoms with Gasteiger partial charge >= 0.3 is 0 Å². The maximum Gasteiger partial charge on any atom is 0.0537 e. The minimum atomic E-state index is 0.482. The Morgan fingerprint density at radius 2 is 2.12 bits per heavy atom. The van der Waals surface area contributed by atoms with E-state index in [4.69, 9.17) is 0 Å². The quantitative estimate of drug-likeness (QED) is 0.686. The summed E-state index contributed by atoms with van der Waals surface area (Å²) in [5, 5.41) is 7.78. The second-order valence-electron chi connectivity index (χ2n) is 4.41. The molecule has 0 saturated heterocycles. The lowest BCUT2D eigenvalue weighted by atomic mass is 10.0. The number of nitrogens with one attached hydrogen (secondary N) is 1. The smallest absolute Gasteiger partial charge is 0.0537 e. The van der Waals surface area contributed by atoms with Crippen molar-refractivity contribution in [1.82, 2.24) is 15.1 Å². The largest absolute Gasteiger partial charge is 0.310 e. The molecule has 1 N–H and O–H groups in total. The van der Waals surface area contributed by atoms with Gasteiger partial charge in [0.1, 0.15) is 0 Å². The molecule has 0 fully saturated rings. The van der Waals surface area contributed by atoms with Gasteiger partial charge in [0.2, 0.25) is 0 Å². The van der Waals surface area contributed by atoms with Crippen molar-refractivity contribution >= 4 is 0 Å². The molecule has 0 spiro atoms. The fraction of sp³-hybridized carbons (Fsp3) is 0.769. The van der Waals surface area contributed by atoms with Gasteiger partial charge in [0.25, 0.3) is 0 Å². The van der Waals surface area contributed by atoms with Gasteiger partial charge in [-0.1, -0.05) is 39.5 Å². The molecule has 1 rings (SSSR count). The maximum absolute atomic E-state index is 4.24. The van der Waals surface area contributed by atoms with Crippen LogP contribution in [0.1, 0.15) is 57.6 Å². The Bertz CT molecular complexity index is 280. The van der Waals surface area contributed by atoms with Gasteiger partial charge in [-0.05, 0) is 13.0 Å². The second-order valence-corrected chi connectivity index (χ2v) is 4.41. The highest BCUT2D eigenvalue weighted by Gasteiger charge is 2.11. The van der Waals surface area contributed by atoms with Crippen LogP contribution in [0.3, 0.4) is 0 Å². The van der Waals surface area contributed by atoms with E-state index in [1.807, 2.05) is 17.9 Å². The molecule has 1 atom stereocenters. The van der Waals surface area contributed by atoms with Crippen molar-refractivity contribution in [2.24, 2.45) is 7.05 Å². The van der Waals surface area contributed by atoms with Crippen molar-refractivity contribution in [2.45, 2.75) is 52.0 Å². The molecule has 3 heteroatoms. The molecule has 16 heavy (non-hydrogen) atoms. The Balaban J connectivity index is 2.41. The normalized spacial score (nSPS) is 12.9. The Morgan fingerprint density at radius 3 is 2.69 bits per heavy atom. The monoisotopic (exact) mass is 223 g/mol. The van der Waals surface area contributed by atoms with E-state index in [1.54, 1.807) is 0 Å². The highest BCUT2D eigenvalue weighted by Crippen LogP contribution is 2.19. The minimum Gasteiger partial charge on any atom is -0.310 e. The molecule has 1 aromatic heterocycles. The van der Waals surface area contributed by atoms with Crippen LogP contribution in [0.25, 0.3) is 0 Å². The number of hydrogen-bond donors (Lipinski definition) is 1. The van der Waals surface area contributed by atoms with Crippen LogP contribution in [0, 0.1) is 0 Å². The van der Waals surface area contributed by atoms with E-state index in [1.165, 1.54) is 37.7 Å². The maximum atomic E-state index is 4.24. The lowest BCUT2D eigenvalue weighted by Gasteiger charge is -2.15. The number of aryl methyl sites for hydroxylation is 1. The second kappa shape index (κ2) is 7.44. The van der Waals surface area contributed by atoms with Crippen molar-refractivity contribution in [2.75, 3.05) is 6.54 Å². The van der Waals surface area contributed by atoms with E-state index in [9.17, 15) is 0 Å². The SMILES string of the molecule is CCCCCCC(NCC)c1cnn(C)c1. The van der Waals surface area contributed by atoms with Gasteiger partial charge in [-0.2, -0.15) is 5.10 Å². The van der Waals surface area contributed by atoms with Crippen LogP contribution in [-0.4, -0.2) is 16.3 Å². The lowest BCUT2D eigenvalue weighted by molar-refractivity contribution is 0.481. The van der Waals surface area contributed by atoms with Crippen molar-refractivity contribution in [3.8, 4) is 0 Å². The van der Waals surface area contributed by atoms with Crippen LogP contribution in [0.15, 0.2) is 12.4 Å². The van der Waals surface area contributed by atoms with E-state index in [0.29, 0.717) is 6.04 Å².